The number of H-pyrrole nitrogens is 1. The molecule has 0 unspecified atom stereocenters. The van der Waals surface area contributed by atoms with Crippen molar-refractivity contribution >= 4 is 22.9 Å². The first kappa shape index (κ1) is 17.7. The molecule has 7 nitrogen and oxygen atoms in total. The number of hydrogen-bond donors (Lipinski definition) is 1. The molecule has 0 saturated heterocycles. The van der Waals surface area contributed by atoms with Crippen molar-refractivity contribution in [3.8, 4) is 6.07 Å². The number of nitriles is 1. The van der Waals surface area contributed by atoms with E-state index in [1.807, 2.05) is 12.1 Å². The van der Waals surface area contributed by atoms with E-state index in [0.29, 0.717) is 17.8 Å². The number of rotatable bonds is 3. The van der Waals surface area contributed by atoms with E-state index in [0.717, 1.165) is 53.8 Å². The van der Waals surface area contributed by atoms with E-state index in [4.69, 9.17) is 10.00 Å². The van der Waals surface area contributed by atoms with Crippen molar-refractivity contribution in [1.29, 1.82) is 5.26 Å². The minimum Gasteiger partial charge on any atom is -0.446 e. The van der Waals surface area contributed by atoms with Crippen molar-refractivity contribution in [3.05, 3.63) is 53.0 Å². The maximum absolute atomic E-state index is 12.5. The quantitative estimate of drug-likeness (QED) is 0.732. The largest absolute Gasteiger partial charge is 0.446 e. The zero-order chi connectivity index (χ0) is 20.0. The van der Waals surface area contributed by atoms with Crippen LogP contribution < -0.4 is 4.90 Å². The summed E-state index contributed by atoms with van der Waals surface area (Å²) in [5.41, 5.74) is 5.11. The molecule has 2 aliphatic rings. The van der Waals surface area contributed by atoms with Gasteiger partial charge in [0.15, 0.2) is 5.65 Å². The minimum absolute atomic E-state index is 0.0360. The summed E-state index contributed by atoms with van der Waals surface area (Å²) in [4.78, 5) is 26.4. The van der Waals surface area contributed by atoms with Crippen LogP contribution in [0.15, 0.2) is 30.5 Å². The van der Waals surface area contributed by atoms with Gasteiger partial charge < -0.3 is 9.72 Å². The summed E-state index contributed by atoms with van der Waals surface area (Å²) in [6.07, 6.45) is 5.23. The molecule has 0 spiro atoms. The summed E-state index contributed by atoms with van der Waals surface area (Å²) in [6.45, 7) is 2.79. The van der Waals surface area contributed by atoms with Crippen molar-refractivity contribution < 1.29 is 9.53 Å². The number of nitrogens with zero attached hydrogens (tertiary/aromatic N) is 4. The fraction of sp³-hybridized carbons (Fsp3) is 0.364. The zero-order valence-electron chi connectivity index (χ0n) is 16.2. The summed E-state index contributed by atoms with van der Waals surface area (Å²) < 4.78 is 5.50. The molecule has 3 aromatic rings. The number of aromatic amines is 1. The predicted molar refractivity (Wildman–Crippen MR) is 108 cm³/mol. The smallest absolute Gasteiger partial charge is 0.414 e. The molecular weight excluding hydrogens is 366 g/mol. The second-order valence-electron chi connectivity index (χ2n) is 7.78. The first-order valence-corrected chi connectivity index (χ1v) is 9.99. The average Bonchev–Trinajstić information content (AvgIpc) is 3.46. The molecular formula is C22H21N5O2. The molecule has 146 valence electrons. The Hall–Kier alpha value is -3.40. The Morgan fingerprint density at radius 3 is 3.03 bits per heavy atom. The molecule has 1 aliphatic heterocycles. The number of fused-ring (bicyclic) bond motifs is 2. The number of hydrogen-bond acceptors (Lipinski definition) is 5. The summed E-state index contributed by atoms with van der Waals surface area (Å²) in [7, 11) is 0. The Balaban J connectivity index is 1.43. The summed E-state index contributed by atoms with van der Waals surface area (Å²) in [5.74, 6) is 0.845. The minimum atomic E-state index is -0.231. The van der Waals surface area contributed by atoms with Crippen LogP contribution in [0.3, 0.4) is 0 Å². The Labute approximate surface area is 168 Å². The fourth-order valence-electron chi connectivity index (χ4n) is 3.81. The SMILES string of the molecule is C[C@H](c1ccc2c(c1)CCCN2C(=O)OC1CC1)c1nc2ncc(C#N)cc2[nH]1. The van der Waals surface area contributed by atoms with E-state index >= 15 is 0 Å². The van der Waals surface area contributed by atoms with Gasteiger partial charge in [0.05, 0.1) is 16.8 Å². The highest BCUT2D eigenvalue weighted by atomic mass is 16.6. The van der Waals surface area contributed by atoms with Crippen LogP contribution in [0.5, 0.6) is 0 Å². The van der Waals surface area contributed by atoms with E-state index in [1.54, 1.807) is 11.0 Å². The van der Waals surface area contributed by atoms with Crippen LogP contribution in [-0.4, -0.2) is 33.7 Å². The van der Waals surface area contributed by atoms with Gasteiger partial charge in [0.1, 0.15) is 18.0 Å². The first-order chi connectivity index (χ1) is 14.1. The van der Waals surface area contributed by atoms with E-state index in [-0.39, 0.29) is 18.1 Å². The molecule has 1 saturated carbocycles. The van der Waals surface area contributed by atoms with E-state index in [9.17, 15) is 4.79 Å². The summed E-state index contributed by atoms with van der Waals surface area (Å²) in [6, 6.07) is 10.1. The molecule has 2 aromatic heterocycles. The summed E-state index contributed by atoms with van der Waals surface area (Å²) in [5, 5.41) is 9.05. The highest BCUT2D eigenvalue weighted by Crippen LogP contribution is 2.34. The Bertz CT molecular complexity index is 1140. The van der Waals surface area contributed by atoms with Gasteiger partial charge >= 0.3 is 6.09 Å². The van der Waals surface area contributed by atoms with Crippen LogP contribution in [0, 0.1) is 11.3 Å². The third kappa shape index (κ3) is 3.31. The highest BCUT2D eigenvalue weighted by molar-refractivity contribution is 5.89. The number of nitrogens with one attached hydrogen (secondary N) is 1. The lowest BCUT2D eigenvalue weighted by atomic mass is 9.93. The number of carbonyl (C=O) groups is 1. The second-order valence-corrected chi connectivity index (χ2v) is 7.78. The van der Waals surface area contributed by atoms with Gasteiger partial charge in [-0.15, -0.1) is 0 Å². The number of anilines is 1. The first-order valence-electron chi connectivity index (χ1n) is 9.99. The van der Waals surface area contributed by atoms with Crippen molar-refractivity contribution in [1.82, 2.24) is 15.0 Å². The Kier molecular flexibility index (Phi) is 4.20. The van der Waals surface area contributed by atoms with E-state index in [1.165, 1.54) is 6.20 Å². The molecule has 0 radical (unpaired) electrons. The number of amides is 1. The zero-order valence-corrected chi connectivity index (χ0v) is 16.2. The molecule has 0 bridgehead atoms. The second kappa shape index (κ2) is 6.89. The van der Waals surface area contributed by atoms with Gasteiger partial charge in [-0.05, 0) is 48.9 Å². The Morgan fingerprint density at radius 1 is 1.38 bits per heavy atom. The third-order valence-corrected chi connectivity index (χ3v) is 5.63. The number of ether oxygens (including phenoxy) is 1. The van der Waals surface area contributed by atoms with Crippen molar-refractivity contribution in [2.24, 2.45) is 0 Å². The summed E-state index contributed by atoms with van der Waals surface area (Å²) >= 11 is 0. The number of aryl methyl sites for hydroxylation is 1. The van der Waals surface area contributed by atoms with Gasteiger partial charge in [-0.2, -0.15) is 5.26 Å². The van der Waals surface area contributed by atoms with Gasteiger partial charge in [0.2, 0.25) is 0 Å². The maximum Gasteiger partial charge on any atom is 0.414 e. The van der Waals surface area contributed by atoms with E-state index in [2.05, 4.69) is 34.0 Å². The van der Waals surface area contributed by atoms with Gasteiger partial charge in [0, 0.05) is 18.7 Å². The number of benzene rings is 1. The lowest BCUT2D eigenvalue weighted by molar-refractivity contribution is 0.146. The number of carbonyl (C=O) groups excluding carboxylic acids is 1. The molecule has 1 aliphatic carbocycles. The number of imidazole rings is 1. The van der Waals surface area contributed by atoms with Gasteiger partial charge in [-0.25, -0.2) is 14.8 Å². The van der Waals surface area contributed by atoms with Crippen LogP contribution in [-0.2, 0) is 11.2 Å². The van der Waals surface area contributed by atoms with Crippen molar-refractivity contribution in [2.45, 2.75) is 44.6 Å². The van der Waals surface area contributed by atoms with Crippen LogP contribution in [0.1, 0.15) is 54.6 Å². The normalized spacial score (nSPS) is 16.9. The fourth-order valence-corrected chi connectivity index (χ4v) is 3.81. The standard InChI is InChI=1S/C22H21N5O2/c1-13(20-25-18-9-14(11-23)12-24-21(18)26-20)15-4-7-19-16(10-15)3-2-8-27(19)22(28)29-17-5-6-17/h4,7,9-10,12-13,17H,2-3,5-6,8H2,1H3,(H,24,25,26)/t13-/m1/s1. The highest BCUT2D eigenvalue weighted by Gasteiger charge is 2.31. The van der Waals surface area contributed by atoms with Crippen LogP contribution >= 0.6 is 0 Å². The molecule has 1 atom stereocenters. The van der Waals surface area contributed by atoms with Crippen molar-refractivity contribution in [3.63, 3.8) is 0 Å². The van der Waals surface area contributed by atoms with Gasteiger partial charge in [0.25, 0.3) is 0 Å². The number of pyridine rings is 1. The number of aromatic nitrogens is 3. The predicted octanol–water partition coefficient (Wildman–Crippen LogP) is 4.03. The molecule has 5 rings (SSSR count). The lowest BCUT2D eigenvalue weighted by Crippen LogP contribution is -2.36. The average molecular weight is 387 g/mol. The molecule has 1 amide bonds. The molecule has 3 heterocycles. The molecule has 1 N–H and O–H groups in total. The van der Waals surface area contributed by atoms with E-state index < -0.39 is 0 Å². The molecule has 1 aromatic carbocycles. The van der Waals surface area contributed by atoms with Crippen LogP contribution in [0.25, 0.3) is 11.2 Å². The van der Waals surface area contributed by atoms with Gasteiger partial charge in [-0.1, -0.05) is 19.1 Å². The molecule has 29 heavy (non-hydrogen) atoms. The van der Waals surface area contributed by atoms with Crippen LogP contribution in [0.2, 0.25) is 0 Å². The molecule has 7 heteroatoms. The van der Waals surface area contributed by atoms with Crippen molar-refractivity contribution in [2.75, 3.05) is 11.4 Å². The lowest BCUT2D eigenvalue weighted by Gasteiger charge is -2.29. The monoisotopic (exact) mass is 387 g/mol. The maximum atomic E-state index is 12.5. The van der Waals surface area contributed by atoms with Crippen LogP contribution in [0.4, 0.5) is 10.5 Å². The Morgan fingerprint density at radius 2 is 2.24 bits per heavy atom. The third-order valence-electron chi connectivity index (χ3n) is 5.63. The molecule has 1 fully saturated rings. The topological polar surface area (TPSA) is 94.9 Å². The van der Waals surface area contributed by atoms with Gasteiger partial charge in [-0.3, -0.25) is 4.90 Å².